The lowest BCUT2D eigenvalue weighted by Gasteiger charge is -2.44. The van der Waals surface area contributed by atoms with Gasteiger partial charge in [-0.05, 0) is 71.3 Å². The number of hydrogen-bond donors (Lipinski definition) is 6. The largest absolute Gasteiger partial charge is 0.388 e. The molecule has 1 amide bonds. The maximum Gasteiger partial charge on any atom is 0.237 e. The van der Waals surface area contributed by atoms with Gasteiger partial charge in [-0.2, -0.15) is 0 Å². The van der Waals surface area contributed by atoms with Crippen LogP contribution in [-0.4, -0.2) is 94.9 Å². The number of nitrogens with one attached hydrogen (secondary N) is 3. The summed E-state index contributed by atoms with van der Waals surface area (Å²) in [5, 5.41) is 39.7. The van der Waals surface area contributed by atoms with Crippen LogP contribution in [0.5, 0.6) is 0 Å². The highest BCUT2D eigenvalue weighted by Gasteiger charge is 2.48. The lowest BCUT2D eigenvalue weighted by atomic mass is 9.92. The van der Waals surface area contributed by atoms with Crippen LogP contribution in [0.1, 0.15) is 39.0 Å². The average Bonchev–Trinajstić information content (AvgIpc) is 2.97. The molecular weight excluding hydrogens is 430 g/mol. The number of amides is 1. The van der Waals surface area contributed by atoms with Crippen LogP contribution < -0.4 is 16.0 Å². The smallest absolute Gasteiger partial charge is 0.237 e. The number of aliphatic hydroxyl groups is 3. The summed E-state index contributed by atoms with van der Waals surface area (Å²) in [7, 11) is 1.96. The lowest BCUT2D eigenvalue weighted by molar-refractivity contribution is -0.205. The minimum absolute atomic E-state index is 0.180. The second kappa shape index (κ2) is 12.8. The fourth-order valence-electron chi connectivity index (χ4n) is 4.28. The molecule has 0 aromatic carbocycles. The highest BCUT2D eigenvalue weighted by atomic mass is 35.5. The Kier molecular flexibility index (Phi) is 11.1. The molecule has 3 unspecified atom stereocenters. The van der Waals surface area contributed by atoms with Crippen molar-refractivity contribution in [2.75, 3.05) is 26.4 Å². The molecule has 2 heterocycles. The van der Waals surface area contributed by atoms with E-state index >= 15 is 0 Å². The van der Waals surface area contributed by atoms with E-state index in [0.717, 1.165) is 45.2 Å². The van der Waals surface area contributed by atoms with E-state index in [1.807, 2.05) is 7.05 Å². The molecule has 2 aliphatic rings. The third-order valence-corrected chi connectivity index (χ3v) is 7.29. The van der Waals surface area contributed by atoms with Crippen molar-refractivity contribution in [3.63, 3.8) is 0 Å². The Hall–Kier alpha value is -0.130. The molecule has 6 N–H and O–H groups in total. The van der Waals surface area contributed by atoms with Gasteiger partial charge in [0.05, 0.1) is 17.5 Å². The zero-order valence-electron chi connectivity index (χ0n) is 18.1. The molecular formula is C20H38ClN3O5S. The third kappa shape index (κ3) is 6.93. The molecule has 0 saturated carbocycles. The number of hydrogen-bond acceptors (Lipinski definition) is 8. The van der Waals surface area contributed by atoms with E-state index < -0.39 is 41.3 Å². The maximum atomic E-state index is 13.0. The van der Waals surface area contributed by atoms with Gasteiger partial charge in [-0.3, -0.25) is 4.79 Å². The number of alkyl halides is 1. The van der Waals surface area contributed by atoms with Crippen LogP contribution in [0.3, 0.4) is 0 Å². The number of thioether (sulfide) groups is 1. The highest BCUT2D eigenvalue weighted by molar-refractivity contribution is 7.99. The van der Waals surface area contributed by atoms with Crippen molar-refractivity contribution in [1.82, 2.24) is 16.0 Å². The van der Waals surface area contributed by atoms with E-state index in [1.165, 1.54) is 11.8 Å². The molecule has 2 rings (SSSR count). The fraction of sp³-hybridized carbons (Fsp3) is 0.950. The van der Waals surface area contributed by atoms with E-state index in [1.54, 1.807) is 13.2 Å². The van der Waals surface area contributed by atoms with Crippen molar-refractivity contribution in [2.24, 2.45) is 5.92 Å². The quantitative estimate of drug-likeness (QED) is 0.207. The van der Waals surface area contributed by atoms with Crippen molar-refractivity contribution < 1.29 is 24.9 Å². The molecule has 0 aromatic heterocycles. The van der Waals surface area contributed by atoms with Gasteiger partial charge in [-0.1, -0.05) is 0 Å². The van der Waals surface area contributed by atoms with Gasteiger partial charge in [-0.15, -0.1) is 23.4 Å². The lowest BCUT2D eigenvalue weighted by Crippen LogP contribution is -2.65. The van der Waals surface area contributed by atoms with Crippen LogP contribution in [0.25, 0.3) is 0 Å². The molecule has 30 heavy (non-hydrogen) atoms. The molecule has 176 valence electrons. The second-order valence-electron chi connectivity index (χ2n) is 8.37. The summed E-state index contributed by atoms with van der Waals surface area (Å²) in [6.07, 6.45) is 1.94. The number of ether oxygens (including phenoxy) is 1. The number of halogens is 1. The maximum absolute atomic E-state index is 13.0. The number of carbonyl (C=O) groups is 1. The summed E-state index contributed by atoms with van der Waals surface area (Å²) < 4.78 is 5.82. The Morgan fingerprint density at radius 1 is 1.23 bits per heavy atom. The predicted molar refractivity (Wildman–Crippen MR) is 120 cm³/mol. The predicted octanol–water partition coefficient (Wildman–Crippen LogP) is 0.0270. The van der Waals surface area contributed by atoms with Gasteiger partial charge in [0.15, 0.2) is 0 Å². The summed E-state index contributed by atoms with van der Waals surface area (Å²) in [4.78, 5) is 13.0. The molecule has 0 aliphatic carbocycles. The van der Waals surface area contributed by atoms with Crippen LogP contribution >= 0.6 is 23.4 Å². The first-order chi connectivity index (χ1) is 14.3. The molecule has 2 fully saturated rings. The highest BCUT2D eigenvalue weighted by Crippen LogP contribution is 2.30. The molecule has 2 aliphatic heterocycles. The average molecular weight is 468 g/mol. The van der Waals surface area contributed by atoms with Crippen molar-refractivity contribution in [2.45, 2.75) is 86.3 Å². The Morgan fingerprint density at radius 2 is 1.97 bits per heavy atom. The van der Waals surface area contributed by atoms with Gasteiger partial charge >= 0.3 is 0 Å². The Labute approximate surface area is 188 Å². The zero-order valence-corrected chi connectivity index (χ0v) is 19.7. The molecule has 0 bridgehead atoms. The SMILES string of the molecule is CNCCC[C@@H]1CCN[C@H](C(=O)N[C@H]([C@H](C)Cl)[C@H]2OC(SC)[C@H](O)C(O)C2O)CC1. The van der Waals surface area contributed by atoms with Gasteiger partial charge in [0.2, 0.25) is 5.91 Å². The molecule has 10 heteroatoms. The van der Waals surface area contributed by atoms with E-state index in [2.05, 4.69) is 16.0 Å². The van der Waals surface area contributed by atoms with Crippen LogP contribution in [0, 0.1) is 5.92 Å². The molecule has 0 radical (unpaired) electrons. The number of carbonyl (C=O) groups excluding carboxylic acids is 1. The second-order valence-corrected chi connectivity index (χ2v) is 10.00. The standard InChI is InChI=1S/C20H38ClN3O5S/c1-11(21)14(18-16(26)15(25)17(27)20(29-18)30-3)24-19(28)13-7-6-12(8-10-23-13)5-4-9-22-2/h11-18,20,22-23,25-27H,4-10H2,1-3H3,(H,24,28)/t11-,12-,13-,14+,15?,16?,17+,18+,20?/m0/s1. The Balaban J connectivity index is 1.98. The van der Waals surface area contributed by atoms with Crippen molar-refractivity contribution in [1.29, 1.82) is 0 Å². The van der Waals surface area contributed by atoms with Crippen molar-refractivity contribution >= 4 is 29.3 Å². The van der Waals surface area contributed by atoms with E-state index in [-0.39, 0.29) is 11.9 Å². The first-order valence-corrected chi connectivity index (χ1v) is 12.6. The summed E-state index contributed by atoms with van der Waals surface area (Å²) in [6.45, 7) is 3.50. The van der Waals surface area contributed by atoms with Crippen molar-refractivity contribution in [3.05, 3.63) is 0 Å². The monoisotopic (exact) mass is 467 g/mol. The minimum atomic E-state index is -1.37. The first-order valence-electron chi connectivity index (χ1n) is 10.8. The van der Waals surface area contributed by atoms with E-state index in [9.17, 15) is 20.1 Å². The molecule has 8 nitrogen and oxygen atoms in total. The Morgan fingerprint density at radius 3 is 2.60 bits per heavy atom. The minimum Gasteiger partial charge on any atom is -0.388 e. The van der Waals surface area contributed by atoms with Gasteiger partial charge < -0.3 is 36.0 Å². The third-order valence-electron chi connectivity index (χ3n) is 6.16. The fourth-order valence-corrected chi connectivity index (χ4v) is 5.16. The van der Waals surface area contributed by atoms with E-state index in [0.29, 0.717) is 5.92 Å². The van der Waals surface area contributed by atoms with E-state index in [4.69, 9.17) is 16.3 Å². The molecule has 2 saturated heterocycles. The Bertz CT molecular complexity index is 531. The molecule has 0 spiro atoms. The first kappa shape index (κ1) is 26.1. The van der Waals surface area contributed by atoms with Crippen LogP contribution in [0.15, 0.2) is 0 Å². The normalized spacial score (nSPS) is 37.2. The summed E-state index contributed by atoms with van der Waals surface area (Å²) in [5.74, 6) is 0.425. The molecule has 0 aromatic rings. The number of aliphatic hydroxyl groups excluding tert-OH is 3. The summed E-state index contributed by atoms with van der Waals surface area (Å²) in [5.41, 5.74) is -0.711. The molecule has 9 atom stereocenters. The zero-order chi connectivity index (χ0) is 22.3. The van der Waals surface area contributed by atoms with Crippen LogP contribution in [0.4, 0.5) is 0 Å². The van der Waals surface area contributed by atoms with Gasteiger partial charge in [0.1, 0.15) is 29.9 Å². The van der Waals surface area contributed by atoms with Crippen LogP contribution in [0.2, 0.25) is 0 Å². The van der Waals surface area contributed by atoms with Gasteiger partial charge in [0, 0.05) is 0 Å². The van der Waals surface area contributed by atoms with Gasteiger partial charge in [-0.25, -0.2) is 0 Å². The topological polar surface area (TPSA) is 123 Å². The summed E-state index contributed by atoms with van der Waals surface area (Å²) >= 11 is 7.58. The number of rotatable bonds is 9. The van der Waals surface area contributed by atoms with Gasteiger partial charge in [0.25, 0.3) is 0 Å². The summed E-state index contributed by atoms with van der Waals surface area (Å²) in [6, 6.07) is -1.03. The van der Waals surface area contributed by atoms with Crippen molar-refractivity contribution in [3.8, 4) is 0 Å². The van der Waals surface area contributed by atoms with Crippen LogP contribution in [-0.2, 0) is 9.53 Å².